The molecule has 1 aromatic carbocycles. The zero-order chi connectivity index (χ0) is 15.3. The fourth-order valence-electron chi connectivity index (χ4n) is 1.94. The van der Waals surface area contributed by atoms with Crippen LogP contribution < -0.4 is 10.0 Å². The standard InChI is InChI=1S/C14H22N2O3S/c1-5-6-11(3)16-14(17)13-9-12(8-7-10(13)2)20(18,19)15-4/h7-9,11,15H,5-6H2,1-4H3,(H,16,17). The maximum atomic E-state index is 12.2. The van der Waals surface area contributed by atoms with E-state index in [1.54, 1.807) is 13.0 Å². The summed E-state index contributed by atoms with van der Waals surface area (Å²) in [5.74, 6) is -0.239. The number of benzene rings is 1. The van der Waals surface area contributed by atoms with E-state index in [2.05, 4.69) is 10.0 Å². The van der Waals surface area contributed by atoms with E-state index in [4.69, 9.17) is 0 Å². The van der Waals surface area contributed by atoms with E-state index in [1.165, 1.54) is 19.2 Å². The second kappa shape index (κ2) is 6.85. The molecule has 0 aliphatic rings. The molecule has 112 valence electrons. The molecule has 0 spiro atoms. The van der Waals surface area contributed by atoms with Gasteiger partial charge in [0.05, 0.1) is 4.90 Å². The van der Waals surface area contributed by atoms with Gasteiger partial charge in [-0.25, -0.2) is 13.1 Å². The summed E-state index contributed by atoms with van der Waals surface area (Å²) in [5, 5.41) is 2.88. The number of carbonyl (C=O) groups is 1. The third-order valence-corrected chi connectivity index (χ3v) is 4.54. The Hall–Kier alpha value is -1.40. The Morgan fingerprint density at radius 3 is 2.55 bits per heavy atom. The molecule has 0 heterocycles. The van der Waals surface area contributed by atoms with Gasteiger partial charge in [-0.15, -0.1) is 0 Å². The highest BCUT2D eigenvalue weighted by molar-refractivity contribution is 7.89. The Bertz CT molecular complexity index is 582. The molecule has 0 saturated carbocycles. The maximum Gasteiger partial charge on any atom is 0.251 e. The number of rotatable bonds is 6. The van der Waals surface area contributed by atoms with Crippen LogP contribution in [0.4, 0.5) is 0 Å². The Kier molecular flexibility index (Phi) is 5.71. The van der Waals surface area contributed by atoms with Crippen LogP contribution in [0.3, 0.4) is 0 Å². The SMILES string of the molecule is CCCC(C)NC(=O)c1cc(S(=O)(=O)NC)ccc1C. The first-order chi connectivity index (χ1) is 9.31. The van der Waals surface area contributed by atoms with Crippen LogP contribution >= 0.6 is 0 Å². The van der Waals surface area contributed by atoms with Gasteiger partial charge in [0.25, 0.3) is 5.91 Å². The lowest BCUT2D eigenvalue weighted by molar-refractivity contribution is 0.0937. The molecule has 0 fully saturated rings. The van der Waals surface area contributed by atoms with Gasteiger partial charge in [0, 0.05) is 11.6 Å². The summed E-state index contributed by atoms with van der Waals surface area (Å²) in [4.78, 5) is 12.3. The van der Waals surface area contributed by atoms with E-state index >= 15 is 0 Å². The highest BCUT2D eigenvalue weighted by Crippen LogP contribution is 2.15. The highest BCUT2D eigenvalue weighted by atomic mass is 32.2. The van der Waals surface area contributed by atoms with Gasteiger partial charge in [0.15, 0.2) is 0 Å². The third-order valence-electron chi connectivity index (χ3n) is 3.13. The maximum absolute atomic E-state index is 12.2. The van der Waals surface area contributed by atoms with Crippen molar-refractivity contribution in [3.63, 3.8) is 0 Å². The highest BCUT2D eigenvalue weighted by Gasteiger charge is 2.17. The summed E-state index contributed by atoms with van der Waals surface area (Å²) in [5.41, 5.74) is 1.14. The van der Waals surface area contributed by atoms with Gasteiger partial charge >= 0.3 is 0 Å². The molecule has 5 nitrogen and oxygen atoms in total. The van der Waals surface area contributed by atoms with Crippen LogP contribution in [0.25, 0.3) is 0 Å². The van der Waals surface area contributed by atoms with Crippen molar-refractivity contribution < 1.29 is 13.2 Å². The summed E-state index contributed by atoms with van der Waals surface area (Å²) < 4.78 is 25.8. The summed E-state index contributed by atoms with van der Waals surface area (Å²) in [6, 6.07) is 4.61. The molecule has 1 amide bonds. The molecule has 1 rings (SSSR count). The molecule has 2 N–H and O–H groups in total. The van der Waals surface area contributed by atoms with E-state index in [0.29, 0.717) is 5.56 Å². The largest absolute Gasteiger partial charge is 0.350 e. The molecular weight excluding hydrogens is 276 g/mol. The topological polar surface area (TPSA) is 75.3 Å². The van der Waals surface area contributed by atoms with Crippen molar-refractivity contribution in [2.75, 3.05) is 7.05 Å². The Labute approximate surface area is 120 Å². The van der Waals surface area contributed by atoms with Crippen LogP contribution in [0.5, 0.6) is 0 Å². The number of nitrogens with one attached hydrogen (secondary N) is 2. The Balaban J connectivity index is 3.06. The quantitative estimate of drug-likeness (QED) is 0.841. The number of aryl methyl sites for hydroxylation is 1. The van der Waals surface area contributed by atoms with Crippen LogP contribution in [0, 0.1) is 6.92 Å². The average Bonchev–Trinajstić information content (AvgIpc) is 2.39. The number of carbonyl (C=O) groups excluding carboxylic acids is 1. The van der Waals surface area contributed by atoms with E-state index < -0.39 is 10.0 Å². The minimum Gasteiger partial charge on any atom is -0.350 e. The van der Waals surface area contributed by atoms with Gasteiger partial charge in [0.2, 0.25) is 10.0 Å². The first-order valence-corrected chi connectivity index (χ1v) is 8.15. The fourth-order valence-corrected chi connectivity index (χ4v) is 2.69. The number of hydrogen-bond donors (Lipinski definition) is 2. The van der Waals surface area contributed by atoms with Gasteiger partial charge < -0.3 is 5.32 Å². The molecule has 6 heteroatoms. The van der Waals surface area contributed by atoms with Crippen molar-refractivity contribution in [1.82, 2.24) is 10.0 Å². The van der Waals surface area contributed by atoms with Gasteiger partial charge in [0.1, 0.15) is 0 Å². The summed E-state index contributed by atoms with van der Waals surface area (Å²) in [6.07, 6.45) is 1.87. The van der Waals surface area contributed by atoms with E-state index in [1.807, 2.05) is 13.8 Å². The van der Waals surface area contributed by atoms with Crippen LogP contribution in [-0.4, -0.2) is 27.4 Å². The molecule has 1 aromatic rings. The summed E-state index contributed by atoms with van der Waals surface area (Å²) in [7, 11) is -2.19. The molecule has 0 aliphatic carbocycles. The number of sulfonamides is 1. The van der Waals surface area contributed by atoms with Gasteiger partial charge in [-0.2, -0.15) is 0 Å². The summed E-state index contributed by atoms with van der Waals surface area (Å²) in [6.45, 7) is 5.77. The number of hydrogen-bond acceptors (Lipinski definition) is 3. The smallest absolute Gasteiger partial charge is 0.251 e. The van der Waals surface area contributed by atoms with Gasteiger partial charge in [-0.05, 0) is 45.0 Å². The lowest BCUT2D eigenvalue weighted by Crippen LogP contribution is -2.33. The van der Waals surface area contributed by atoms with Crippen molar-refractivity contribution in [3.05, 3.63) is 29.3 Å². The van der Waals surface area contributed by atoms with Crippen LogP contribution in [-0.2, 0) is 10.0 Å². The lowest BCUT2D eigenvalue weighted by Gasteiger charge is -2.14. The van der Waals surface area contributed by atoms with E-state index in [0.717, 1.165) is 18.4 Å². The van der Waals surface area contributed by atoms with E-state index in [9.17, 15) is 13.2 Å². The molecule has 1 unspecified atom stereocenters. The van der Waals surface area contributed by atoms with Crippen molar-refractivity contribution in [1.29, 1.82) is 0 Å². The first-order valence-electron chi connectivity index (χ1n) is 6.67. The predicted molar refractivity (Wildman–Crippen MR) is 79.3 cm³/mol. The van der Waals surface area contributed by atoms with Crippen molar-refractivity contribution in [2.45, 2.75) is 44.6 Å². The molecule has 0 aliphatic heterocycles. The minimum absolute atomic E-state index is 0.0662. The zero-order valence-corrected chi connectivity index (χ0v) is 13.2. The van der Waals surface area contributed by atoms with Crippen molar-refractivity contribution in [3.8, 4) is 0 Å². The van der Waals surface area contributed by atoms with Crippen LogP contribution in [0.15, 0.2) is 23.1 Å². The van der Waals surface area contributed by atoms with Gasteiger partial charge in [-0.3, -0.25) is 4.79 Å². The van der Waals surface area contributed by atoms with Crippen molar-refractivity contribution >= 4 is 15.9 Å². The molecule has 0 saturated heterocycles. The molecule has 0 radical (unpaired) electrons. The molecule has 20 heavy (non-hydrogen) atoms. The Morgan fingerprint density at radius 2 is 2.00 bits per heavy atom. The normalized spacial score (nSPS) is 13.0. The molecule has 1 atom stereocenters. The van der Waals surface area contributed by atoms with Crippen LogP contribution in [0.2, 0.25) is 0 Å². The molecular formula is C14H22N2O3S. The van der Waals surface area contributed by atoms with E-state index in [-0.39, 0.29) is 16.8 Å². The third kappa shape index (κ3) is 4.05. The average molecular weight is 298 g/mol. The monoisotopic (exact) mass is 298 g/mol. The van der Waals surface area contributed by atoms with Gasteiger partial charge in [-0.1, -0.05) is 19.4 Å². The second-order valence-corrected chi connectivity index (χ2v) is 6.73. The number of amides is 1. The predicted octanol–water partition coefficient (Wildman–Crippen LogP) is 1.82. The second-order valence-electron chi connectivity index (χ2n) is 4.85. The van der Waals surface area contributed by atoms with Crippen LogP contribution in [0.1, 0.15) is 42.6 Å². The lowest BCUT2D eigenvalue weighted by atomic mass is 10.1. The minimum atomic E-state index is -3.54. The zero-order valence-electron chi connectivity index (χ0n) is 12.4. The summed E-state index contributed by atoms with van der Waals surface area (Å²) >= 11 is 0. The Morgan fingerprint density at radius 1 is 1.35 bits per heavy atom. The first kappa shape index (κ1) is 16.7. The van der Waals surface area contributed by atoms with Crippen molar-refractivity contribution in [2.24, 2.45) is 0 Å². The molecule has 0 bridgehead atoms. The fraction of sp³-hybridized carbons (Fsp3) is 0.500. The molecule has 0 aromatic heterocycles.